The lowest BCUT2D eigenvalue weighted by atomic mass is 9.80. The predicted octanol–water partition coefficient (Wildman–Crippen LogP) is 6.23. The van der Waals surface area contributed by atoms with Crippen molar-refractivity contribution in [1.29, 1.82) is 0 Å². The average Bonchev–Trinajstić information content (AvgIpc) is 3.16. The van der Waals surface area contributed by atoms with Gasteiger partial charge in [0.25, 0.3) is 5.91 Å². The summed E-state index contributed by atoms with van der Waals surface area (Å²) in [7, 11) is 0. The number of amides is 1. The van der Waals surface area contributed by atoms with Gasteiger partial charge >= 0.3 is 6.18 Å². The van der Waals surface area contributed by atoms with Gasteiger partial charge in [0.05, 0.1) is 17.2 Å². The van der Waals surface area contributed by atoms with Gasteiger partial charge in [-0.15, -0.1) is 0 Å². The predicted molar refractivity (Wildman–Crippen MR) is 113 cm³/mol. The number of nitrogens with zero attached hydrogens (tertiary/aromatic N) is 3. The summed E-state index contributed by atoms with van der Waals surface area (Å²) < 4.78 is 55.0. The maximum absolute atomic E-state index is 14.6. The molecule has 170 valence electrons. The van der Waals surface area contributed by atoms with Crippen molar-refractivity contribution in [2.24, 2.45) is 11.8 Å². The molecule has 0 unspecified atom stereocenters. The summed E-state index contributed by atoms with van der Waals surface area (Å²) in [5.41, 5.74) is -1.31. The number of rotatable bonds is 4. The summed E-state index contributed by atoms with van der Waals surface area (Å²) in [6, 6.07) is 5.91. The molecule has 1 N–H and O–H groups in total. The number of hydrogen-bond acceptors (Lipinski definition) is 3. The van der Waals surface area contributed by atoms with Crippen LogP contribution in [0.2, 0.25) is 0 Å². The quantitative estimate of drug-likeness (QED) is 0.482. The summed E-state index contributed by atoms with van der Waals surface area (Å²) in [6.07, 6.45) is 1.40. The summed E-state index contributed by atoms with van der Waals surface area (Å²) >= 11 is 0. The second kappa shape index (κ2) is 8.52. The molecule has 1 saturated carbocycles. The smallest absolute Gasteiger partial charge is 0.318 e. The number of alkyl halides is 3. The van der Waals surface area contributed by atoms with Crippen LogP contribution in [0.5, 0.6) is 0 Å². The van der Waals surface area contributed by atoms with Gasteiger partial charge in [-0.25, -0.2) is 9.37 Å². The Morgan fingerprint density at radius 1 is 1.16 bits per heavy atom. The van der Waals surface area contributed by atoms with E-state index in [2.05, 4.69) is 29.2 Å². The second-order valence-corrected chi connectivity index (χ2v) is 8.67. The van der Waals surface area contributed by atoms with Crippen molar-refractivity contribution in [2.75, 3.05) is 5.32 Å². The first kappa shape index (κ1) is 22.2. The number of nitrogens with one attached hydrogen (secondary N) is 1. The van der Waals surface area contributed by atoms with Gasteiger partial charge in [-0.05, 0) is 55.7 Å². The molecular weight excluding hydrogens is 424 g/mol. The number of anilines is 1. The Hall–Kier alpha value is -2.97. The second-order valence-electron chi connectivity index (χ2n) is 8.67. The van der Waals surface area contributed by atoms with Crippen molar-refractivity contribution < 1.29 is 22.4 Å². The number of pyridine rings is 1. The normalized spacial score (nSPS) is 19.5. The van der Waals surface area contributed by atoms with Crippen molar-refractivity contribution in [1.82, 2.24) is 14.8 Å². The number of hydrogen-bond donors (Lipinski definition) is 1. The minimum atomic E-state index is -4.68. The highest BCUT2D eigenvalue weighted by atomic mass is 19.4. The van der Waals surface area contributed by atoms with Crippen LogP contribution in [0.4, 0.5) is 23.2 Å². The number of benzene rings is 1. The van der Waals surface area contributed by atoms with E-state index in [1.54, 1.807) is 0 Å². The Kier molecular flexibility index (Phi) is 5.92. The van der Waals surface area contributed by atoms with E-state index in [0.29, 0.717) is 22.7 Å². The number of carbonyl (C=O) groups excluding carboxylic acids is 1. The van der Waals surface area contributed by atoms with Crippen molar-refractivity contribution in [2.45, 2.75) is 51.7 Å². The fourth-order valence-corrected chi connectivity index (χ4v) is 4.29. The highest BCUT2D eigenvalue weighted by Crippen LogP contribution is 2.36. The lowest BCUT2D eigenvalue weighted by Crippen LogP contribution is -2.21. The van der Waals surface area contributed by atoms with Gasteiger partial charge < -0.3 is 5.32 Å². The number of carbonyl (C=O) groups is 1. The van der Waals surface area contributed by atoms with Gasteiger partial charge in [-0.2, -0.15) is 18.3 Å². The average molecular weight is 448 g/mol. The van der Waals surface area contributed by atoms with E-state index in [0.717, 1.165) is 43.9 Å². The topological polar surface area (TPSA) is 59.8 Å². The molecular formula is C23H24F4N4O. The molecule has 32 heavy (non-hydrogen) atoms. The minimum Gasteiger partial charge on any atom is -0.318 e. The third-order valence-electron chi connectivity index (χ3n) is 6.19. The lowest BCUT2D eigenvalue weighted by molar-refractivity contribution is -0.141. The lowest BCUT2D eigenvalue weighted by Gasteiger charge is -2.30. The van der Waals surface area contributed by atoms with Crippen LogP contribution >= 0.6 is 0 Å². The maximum atomic E-state index is 14.6. The number of aromatic nitrogens is 3. The van der Waals surface area contributed by atoms with E-state index in [-0.39, 0.29) is 11.7 Å². The Balaban J connectivity index is 1.53. The molecule has 0 aliphatic heterocycles. The van der Waals surface area contributed by atoms with Crippen LogP contribution in [0.3, 0.4) is 0 Å². The molecule has 2 heterocycles. The first-order valence-corrected chi connectivity index (χ1v) is 10.7. The van der Waals surface area contributed by atoms with Crippen LogP contribution in [0, 0.1) is 17.7 Å². The Morgan fingerprint density at radius 2 is 1.88 bits per heavy atom. The fourth-order valence-electron chi connectivity index (χ4n) is 4.29. The zero-order chi connectivity index (χ0) is 23.0. The molecule has 1 fully saturated rings. The van der Waals surface area contributed by atoms with Crippen molar-refractivity contribution in [3.05, 3.63) is 53.7 Å². The van der Waals surface area contributed by atoms with E-state index < -0.39 is 29.3 Å². The summed E-state index contributed by atoms with van der Waals surface area (Å²) in [5.74, 6) is -0.278. The molecule has 3 aromatic rings. The van der Waals surface area contributed by atoms with E-state index in [9.17, 15) is 22.4 Å². The number of fused-ring (bicyclic) bond motifs is 1. The standard InChI is InChI=1S/C23H24F4N4O/c1-13(2)14-6-8-16(9-7-14)31-12-15-10-20(17(24)11-19(15)30-31)29-22(32)18-4-3-5-21(28-18)23(25,26)27/h3-5,10-14,16H,6-9H2,1-2H3,(H,29,32)/t14-,16-. The van der Waals surface area contributed by atoms with Gasteiger partial charge in [0, 0.05) is 17.6 Å². The highest BCUT2D eigenvalue weighted by molar-refractivity contribution is 6.03. The first-order chi connectivity index (χ1) is 15.1. The van der Waals surface area contributed by atoms with Crippen LogP contribution in [-0.4, -0.2) is 20.7 Å². The van der Waals surface area contributed by atoms with Crippen LogP contribution < -0.4 is 5.32 Å². The molecule has 0 saturated heterocycles. The molecule has 0 atom stereocenters. The SMILES string of the molecule is CC(C)[C@H]1CC[C@H](n2cc3cc(NC(=O)c4cccc(C(F)(F)F)n4)c(F)cc3n2)CC1. The third kappa shape index (κ3) is 4.61. The van der Waals surface area contributed by atoms with Gasteiger partial charge in [0.15, 0.2) is 0 Å². The van der Waals surface area contributed by atoms with Crippen LogP contribution in [0.25, 0.3) is 10.9 Å². The van der Waals surface area contributed by atoms with Gasteiger partial charge in [-0.3, -0.25) is 9.48 Å². The first-order valence-electron chi connectivity index (χ1n) is 10.7. The molecule has 0 radical (unpaired) electrons. The molecule has 1 amide bonds. The zero-order valence-electron chi connectivity index (χ0n) is 17.8. The van der Waals surface area contributed by atoms with Crippen molar-refractivity contribution in [3.63, 3.8) is 0 Å². The van der Waals surface area contributed by atoms with E-state index in [1.807, 2.05) is 10.9 Å². The third-order valence-corrected chi connectivity index (χ3v) is 6.19. The molecule has 9 heteroatoms. The van der Waals surface area contributed by atoms with Crippen molar-refractivity contribution in [3.8, 4) is 0 Å². The molecule has 0 spiro atoms. The minimum absolute atomic E-state index is 0.134. The van der Waals surface area contributed by atoms with Crippen LogP contribution in [0.1, 0.15) is 61.8 Å². The van der Waals surface area contributed by atoms with Gasteiger partial charge in [0.2, 0.25) is 0 Å². The molecule has 0 bridgehead atoms. The maximum Gasteiger partial charge on any atom is 0.433 e. The van der Waals surface area contributed by atoms with Gasteiger partial charge in [-0.1, -0.05) is 19.9 Å². The molecule has 2 aromatic heterocycles. The van der Waals surface area contributed by atoms with Gasteiger partial charge in [0.1, 0.15) is 17.2 Å². The molecule has 1 aliphatic carbocycles. The Morgan fingerprint density at radius 3 is 2.53 bits per heavy atom. The molecule has 1 aliphatic rings. The summed E-state index contributed by atoms with van der Waals surface area (Å²) in [6.45, 7) is 4.47. The Labute approximate surface area is 182 Å². The highest BCUT2D eigenvalue weighted by Gasteiger charge is 2.33. The van der Waals surface area contributed by atoms with E-state index in [1.165, 1.54) is 12.1 Å². The summed E-state index contributed by atoms with van der Waals surface area (Å²) in [4.78, 5) is 15.7. The molecule has 1 aromatic carbocycles. The van der Waals surface area contributed by atoms with Crippen LogP contribution in [0.15, 0.2) is 36.5 Å². The number of halogens is 4. The Bertz CT molecular complexity index is 1130. The van der Waals surface area contributed by atoms with E-state index >= 15 is 0 Å². The fraction of sp³-hybridized carbons (Fsp3) is 0.435. The monoisotopic (exact) mass is 448 g/mol. The zero-order valence-corrected chi connectivity index (χ0v) is 17.8. The molecule has 4 rings (SSSR count). The summed E-state index contributed by atoms with van der Waals surface area (Å²) in [5, 5.41) is 7.48. The van der Waals surface area contributed by atoms with Crippen molar-refractivity contribution >= 4 is 22.5 Å². The largest absolute Gasteiger partial charge is 0.433 e. The van der Waals surface area contributed by atoms with Crippen LogP contribution in [-0.2, 0) is 6.18 Å². The van der Waals surface area contributed by atoms with E-state index in [4.69, 9.17) is 0 Å². The molecule has 5 nitrogen and oxygen atoms in total.